The Balaban J connectivity index is 2.79. The van der Waals surface area contributed by atoms with E-state index in [0.717, 1.165) is 6.42 Å². The first-order valence-corrected chi connectivity index (χ1v) is 8.86. The Morgan fingerprint density at radius 3 is 2.54 bits per heavy atom. The largest absolute Gasteiger partial charge is 0.493 e. The molecule has 0 spiro atoms. The summed E-state index contributed by atoms with van der Waals surface area (Å²) in [5, 5.41) is 3.04. The van der Waals surface area contributed by atoms with Gasteiger partial charge in [0.05, 0.1) is 18.2 Å². The van der Waals surface area contributed by atoms with Crippen LogP contribution in [0.25, 0.3) is 6.08 Å². The summed E-state index contributed by atoms with van der Waals surface area (Å²) >= 11 is 6.24. The molecular formula is C19H26ClNO5. The van der Waals surface area contributed by atoms with E-state index in [1.54, 1.807) is 12.1 Å². The first kappa shape index (κ1) is 21.8. The maximum Gasteiger partial charge on any atom is 0.331 e. The van der Waals surface area contributed by atoms with Crippen molar-refractivity contribution in [1.82, 2.24) is 5.32 Å². The summed E-state index contributed by atoms with van der Waals surface area (Å²) in [5.74, 6) is -0.0353. The first-order valence-electron chi connectivity index (χ1n) is 8.49. The number of hydrogen-bond donors (Lipinski definition) is 1. The normalized spacial score (nSPS) is 12.1. The summed E-state index contributed by atoms with van der Waals surface area (Å²) in [6, 6.07) is 3.35. The molecule has 0 bridgehead atoms. The lowest BCUT2D eigenvalue weighted by molar-refractivity contribution is -0.150. The zero-order chi connectivity index (χ0) is 19.7. The van der Waals surface area contributed by atoms with Gasteiger partial charge in [0, 0.05) is 12.6 Å². The number of rotatable bonds is 9. The van der Waals surface area contributed by atoms with Crippen molar-refractivity contribution in [2.45, 2.75) is 46.3 Å². The number of halogens is 1. The summed E-state index contributed by atoms with van der Waals surface area (Å²) in [6.07, 6.45) is 2.66. The number of carbonyl (C=O) groups excluding carboxylic acids is 2. The molecule has 144 valence electrons. The van der Waals surface area contributed by atoms with Crippen molar-refractivity contribution >= 4 is 29.6 Å². The summed E-state index contributed by atoms with van der Waals surface area (Å²) in [7, 11) is 1.51. The fraction of sp³-hybridized carbons (Fsp3) is 0.474. The van der Waals surface area contributed by atoms with Gasteiger partial charge >= 0.3 is 5.97 Å². The summed E-state index contributed by atoms with van der Waals surface area (Å²) < 4.78 is 16.0. The highest BCUT2D eigenvalue weighted by molar-refractivity contribution is 6.32. The third kappa shape index (κ3) is 6.96. The lowest BCUT2D eigenvalue weighted by atomic mass is 10.2. The number of hydrogen-bond acceptors (Lipinski definition) is 5. The predicted octanol–water partition coefficient (Wildman–Crippen LogP) is 3.61. The Morgan fingerprint density at radius 1 is 1.27 bits per heavy atom. The topological polar surface area (TPSA) is 73.9 Å². The molecule has 0 heterocycles. The minimum Gasteiger partial charge on any atom is -0.493 e. The van der Waals surface area contributed by atoms with Crippen molar-refractivity contribution in [1.29, 1.82) is 0 Å². The molecule has 0 aliphatic rings. The van der Waals surface area contributed by atoms with E-state index < -0.39 is 12.1 Å². The maximum absolute atomic E-state index is 11.9. The number of nitrogens with one attached hydrogen (secondary N) is 1. The average Bonchev–Trinajstić information content (AvgIpc) is 2.59. The lowest BCUT2D eigenvalue weighted by Crippen LogP contribution is -2.35. The number of esters is 1. The molecule has 0 radical (unpaired) electrons. The van der Waals surface area contributed by atoms with Crippen molar-refractivity contribution in [3.05, 3.63) is 28.8 Å². The van der Waals surface area contributed by atoms with Crippen LogP contribution in [0.1, 0.15) is 39.7 Å². The van der Waals surface area contributed by atoms with Gasteiger partial charge in [-0.2, -0.15) is 0 Å². The summed E-state index contributed by atoms with van der Waals surface area (Å²) in [6.45, 7) is 7.78. The molecule has 0 aliphatic carbocycles. The van der Waals surface area contributed by atoms with Crippen LogP contribution >= 0.6 is 11.6 Å². The minimum absolute atomic E-state index is 0.0573. The molecule has 1 aromatic carbocycles. The Bertz CT molecular complexity index is 658. The van der Waals surface area contributed by atoms with Crippen LogP contribution in [0.5, 0.6) is 11.5 Å². The summed E-state index contributed by atoms with van der Waals surface area (Å²) in [5.41, 5.74) is 0.642. The Morgan fingerprint density at radius 2 is 1.96 bits per heavy atom. The van der Waals surface area contributed by atoms with Crippen LogP contribution < -0.4 is 14.8 Å². The fourth-order valence-corrected chi connectivity index (χ4v) is 2.27. The second-order valence-corrected chi connectivity index (χ2v) is 6.31. The van der Waals surface area contributed by atoms with Crippen molar-refractivity contribution in [2.24, 2.45) is 0 Å². The smallest absolute Gasteiger partial charge is 0.331 e. The van der Waals surface area contributed by atoms with Crippen LogP contribution in [0.4, 0.5) is 0 Å². The van der Waals surface area contributed by atoms with Gasteiger partial charge in [-0.25, -0.2) is 4.79 Å². The highest BCUT2D eigenvalue weighted by atomic mass is 35.5. The maximum atomic E-state index is 11.9. The van der Waals surface area contributed by atoms with Gasteiger partial charge in [0.25, 0.3) is 5.91 Å². The van der Waals surface area contributed by atoms with Gasteiger partial charge in [-0.3, -0.25) is 4.79 Å². The fourth-order valence-electron chi connectivity index (χ4n) is 2.01. The molecule has 26 heavy (non-hydrogen) atoms. The average molecular weight is 384 g/mol. The molecule has 1 aromatic rings. The lowest BCUT2D eigenvalue weighted by Gasteiger charge is -2.15. The molecule has 1 rings (SSSR count). The monoisotopic (exact) mass is 383 g/mol. The molecule has 0 aromatic heterocycles. The third-order valence-corrected chi connectivity index (χ3v) is 3.51. The van der Waals surface area contributed by atoms with Crippen LogP contribution in [0, 0.1) is 0 Å². The molecule has 0 unspecified atom stereocenters. The van der Waals surface area contributed by atoms with Crippen LogP contribution in [0.2, 0.25) is 5.02 Å². The van der Waals surface area contributed by atoms with E-state index >= 15 is 0 Å². The van der Waals surface area contributed by atoms with E-state index in [1.807, 2.05) is 20.8 Å². The van der Waals surface area contributed by atoms with E-state index in [-0.39, 0.29) is 12.0 Å². The van der Waals surface area contributed by atoms with Gasteiger partial charge in [0.2, 0.25) is 0 Å². The third-order valence-electron chi connectivity index (χ3n) is 3.23. The molecule has 1 N–H and O–H groups in total. The highest BCUT2D eigenvalue weighted by Gasteiger charge is 2.16. The molecule has 7 heteroatoms. The van der Waals surface area contributed by atoms with Crippen molar-refractivity contribution in [3.63, 3.8) is 0 Å². The standard InChI is InChI=1S/C19H26ClNO5/c1-6-9-21-19(23)13(4)26-17(22)8-7-14-10-15(20)18(25-12(2)3)16(11-14)24-5/h7-8,10-13H,6,9H2,1-5H3,(H,21,23)/b8-7+/t13-/m0/s1. The zero-order valence-electron chi connectivity index (χ0n) is 15.8. The van der Waals surface area contributed by atoms with Gasteiger partial charge in [-0.15, -0.1) is 0 Å². The molecule has 0 saturated carbocycles. The number of carbonyl (C=O) groups is 2. The molecular weight excluding hydrogens is 358 g/mol. The highest BCUT2D eigenvalue weighted by Crippen LogP contribution is 2.37. The van der Waals surface area contributed by atoms with Crippen LogP contribution in [-0.2, 0) is 14.3 Å². The van der Waals surface area contributed by atoms with E-state index in [2.05, 4.69) is 5.32 Å². The molecule has 0 saturated heterocycles. The molecule has 6 nitrogen and oxygen atoms in total. The molecule has 0 aliphatic heterocycles. The Kier molecular flexibility index (Phi) is 8.99. The van der Waals surface area contributed by atoms with Crippen molar-refractivity contribution < 1.29 is 23.8 Å². The number of amides is 1. The van der Waals surface area contributed by atoms with Crippen molar-refractivity contribution in [3.8, 4) is 11.5 Å². The van der Waals surface area contributed by atoms with Crippen LogP contribution in [0.3, 0.4) is 0 Å². The Labute approximate surface area is 159 Å². The van der Waals surface area contributed by atoms with E-state index in [9.17, 15) is 9.59 Å². The second-order valence-electron chi connectivity index (χ2n) is 5.90. The van der Waals surface area contributed by atoms with Gasteiger partial charge in [-0.1, -0.05) is 18.5 Å². The van der Waals surface area contributed by atoms with Gasteiger partial charge in [0.15, 0.2) is 17.6 Å². The van der Waals surface area contributed by atoms with Crippen molar-refractivity contribution in [2.75, 3.05) is 13.7 Å². The predicted molar refractivity (Wildman–Crippen MR) is 102 cm³/mol. The van der Waals surface area contributed by atoms with Crippen LogP contribution in [-0.4, -0.2) is 37.7 Å². The van der Waals surface area contributed by atoms with E-state index in [4.69, 9.17) is 25.8 Å². The molecule has 1 amide bonds. The number of benzene rings is 1. The minimum atomic E-state index is -0.862. The molecule has 0 fully saturated rings. The SMILES string of the molecule is CCCNC(=O)[C@H](C)OC(=O)/C=C/c1cc(Cl)c(OC(C)C)c(OC)c1. The number of methoxy groups -OCH3 is 1. The van der Waals surface area contributed by atoms with Gasteiger partial charge < -0.3 is 19.5 Å². The van der Waals surface area contributed by atoms with Gasteiger partial charge in [0.1, 0.15) is 0 Å². The number of ether oxygens (including phenoxy) is 3. The first-order chi connectivity index (χ1) is 12.3. The van der Waals surface area contributed by atoms with E-state index in [1.165, 1.54) is 26.2 Å². The van der Waals surface area contributed by atoms with E-state index in [0.29, 0.717) is 28.6 Å². The van der Waals surface area contributed by atoms with Crippen LogP contribution in [0.15, 0.2) is 18.2 Å². The second kappa shape index (κ2) is 10.7. The molecule has 1 atom stereocenters. The van der Waals surface area contributed by atoms with Gasteiger partial charge in [-0.05, 0) is 51.0 Å². The Hall–Kier alpha value is -2.21. The summed E-state index contributed by atoms with van der Waals surface area (Å²) in [4.78, 5) is 23.6. The zero-order valence-corrected chi connectivity index (χ0v) is 16.6. The quantitative estimate of drug-likeness (QED) is 0.521.